The SMILES string of the molecule is CCC(C)CC(CC)Nc1ccccc1OCCC(N)=O. The van der Waals surface area contributed by atoms with Crippen molar-refractivity contribution < 1.29 is 9.53 Å². The van der Waals surface area contributed by atoms with Crippen molar-refractivity contribution in [3.8, 4) is 5.75 Å². The van der Waals surface area contributed by atoms with Crippen LogP contribution in [0.25, 0.3) is 0 Å². The number of benzene rings is 1. The molecule has 0 fully saturated rings. The zero-order valence-electron chi connectivity index (χ0n) is 13.4. The summed E-state index contributed by atoms with van der Waals surface area (Å²) < 4.78 is 5.66. The highest BCUT2D eigenvalue weighted by Gasteiger charge is 2.12. The van der Waals surface area contributed by atoms with Gasteiger partial charge in [-0.3, -0.25) is 4.79 Å². The molecular weight excluding hydrogens is 264 g/mol. The summed E-state index contributed by atoms with van der Waals surface area (Å²) in [4.78, 5) is 10.8. The van der Waals surface area contributed by atoms with Crippen LogP contribution < -0.4 is 15.8 Å². The van der Waals surface area contributed by atoms with Gasteiger partial charge in [-0.25, -0.2) is 0 Å². The number of primary amides is 1. The van der Waals surface area contributed by atoms with Gasteiger partial charge in [-0.15, -0.1) is 0 Å². The normalized spacial score (nSPS) is 13.5. The first-order valence-corrected chi connectivity index (χ1v) is 7.83. The van der Waals surface area contributed by atoms with Gasteiger partial charge in [0.1, 0.15) is 5.75 Å². The molecule has 1 aromatic carbocycles. The zero-order chi connectivity index (χ0) is 15.7. The third-order valence-electron chi connectivity index (χ3n) is 3.73. The second-order valence-corrected chi connectivity index (χ2v) is 5.56. The highest BCUT2D eigenvalue weighted by atomic mass is 16.5. The quantitative estimate of drug-likeness (QED) is 0.693. The Hall–Kier alpha value is -1.71. The molecule has 118 valence electrons. The van der Waals surface area contributed by atoms with Gasteiger partial charge in [0, 0.05) is 6.04 Å². The molecule has 2 unspecified atom stereocenters. The zero-order valence-corrected chi connectivity index (χ0v) is 13.4. The van der Waals surface area contributed by atoms with Crippen molar-refractivity contribution in [2.45, 2.75) is 52.5 Å². The van der Waals surface area contributed by atoms with Gasteiger partial charge in [-0.1, -0.05) is 39.3 Å². The predicted molar refractivity (Wildman–Crippen MR) is 87.5 cm³/mol. The summed E-state index contributed by atoms with van der Waals surface area (Å²) in [5, 5.41) is 3.56. The van der Waals surface area contributed by atoms with Crippen molar-refractivity contribution in [1.82, 2.24) is 0 Å². The van der Waals surface area contributed by atoms with E-state index in [9.17, 15) is 4.79 Å². The first kappa shape index (κ1) is 17.3. The molecule has 2 atom stereocenters. The number of carbonyl (C=O) groups is 1. The van der Waals surface area contributed by atoms with E-state index in [2.05, 4.69) is 26.1 Å². The molecule has 0 radical (unpaired) electrons. The smallest absolute Gasteiger partial charge is 0.220 e. The van der Waals surface area contributed by atoms with Gasteiger partial charge in [0.25, 0.3) is 0 Å². The first-order valence-electron chi connectivity index (χ1n) is 7.83. The Morgan fingerprint density at radius 1 is 1.29 bits per heavy atom. The molecule has 4 heteroatoms. The van der Waals surface area contributed by atoms with Crippen LogP contribution in [0.3, 0.4) is 0 Å². The van der Waals surface area contributed by atoms with Crippen molar-refractivity contribution in [2.24, 2.45) is 11.7 Å². The molecule has 3 N–H and O–H groups in total. The molecule has 0 aromatic heterocycles. The summed E-state index contributed by atoms with van der Waals surface area (Å²) >= 11 is 0. The van der Waals surface area contributed by atoms with Gasteiger partial charge in [0.15, 0.2) is 0 Å². The van der Waals surface area contributed by atoms with Gasteiger partial charge in [-0.05, 0) is 30.9 Å². The highest BCUT2D eigenvalue weighted by Crippen LogP contribution is 2.26. The molecule has 0 heterocycles. The number of rotatable bonds is 10. The molecule has 4 nitrogen and oxygen atoms in total. The van der Waals surface area contributed by atoms with Gasteiger partial charge in [0.05, 0.1) is 18.7 Å². The fraction of sp³-hybridized carbons (Fsp3) is 0.588. The molecule has 0 aliphatic carbocycles. The second-order valence-electron chi connectivity index (χ2n) is 5.56. The van der Waals surface area contributed by atoms with Crippen LogP contribution in [0.1, 0.15) is 46.5 Å². The number of anilines is 1. The maximum Gasteiger partial charge on any atom is 0.220 e. The van der Waals surface area contributed by atoms with Crippen LogP contribution >= 0.6 is 0 Å². The van der Waals surface area contributed by atoms with Gasteiger partial charge in [-0.2, -0.15) is 0 Å². The highest BCUT2D eigenvalue weighted by molar-refractivity contribution is 5.73. The monoisotopic (exact) mass is 292 g/mol. The summed E-state index contributed by atoms with van der Waals surface area (Å²) in [7, 11) is 0. The average Bonchev–Trinajstić information content (AvgIpc) is 2.47. The molecular formula is C17H28N2O2. The molecule has 1 aromatic rings. The van der Waals surface area contributed by atoms with E-state index in [0.29, 0.717) is 18.6 Å². The van der Waals surface area contributed by atoms with Crippen molar-refractivity contribution in [2.75, 3.05) is 11.9 Å². The van der Waals surface area contributed by atoms with Crippen LogP contribution in [0.2, 0.25) is 0 Å². The lowest BCUT2D eigenvalue weighted by Crippen LogP contribution is -2.22. The maximum atomic E-state index is 10.8. The Bertz CT molecular complexity index is 435. The molecule has 0 saturated heterocycles. The van der Waals surface area contributed by atoms with Crippen molar-refractivity contribution in [1.29, 1.82) is 0 Å². The summed E-state index contributed by atoms with van der Waals surface area (Å²) in [5.74, 6) is 1.13. The number of ether oxygens (including phenoxy) is 1. The van der Waals surface area contributed by atoms with Crippen molar-refractivity contribution >= 4 is 11.6 Å². The fourth-order valence-electron chi connectivity index (χ4n) is 2.17. The number of hydrogen-bond donors (Lipinski definition) is 2. The lowest BCUT2D eigenvalue weighted by atomic mass is 9.97. The van der Waals surface area contributed by atoms with E-state index in [4.69, 9.17) is 10.5 Å². The Labute approximate surface area is 128 Å². The number of nitrogens with one attached hydrogen (secondary N) is 1. The van der Waals surface area contributed by atoms with E-state index >= 15 is 0 Å². The molecule has 21 heavy (non-hydrogen) atoms. The van der Waals surface area contributed by atoms with Crippen LogP contribution in [0.5, 0.6) is 5.75 Å². The standard InChI is InChI=1S/C17H28N2O2/c1-4-13(3)12-14(5-2)19-15-8-6-7-9-16(15)21-11-10-17(18)20/h6-9,13-14,19H,4-5,10-12H2,1-3H3,(H2,18,20). The Morgan fingerprint density at radius 3 is 2.62 bits per heavy atom. The van der Waals surface area contributed by atoms with Crippen LogP contribution in [-0.4, -0.2) is 18.6 Å². The van der Waals surface area contributed by atoms with Crippen molar-refractivity contribution in [3.05, 3.63) is 24.3 Å². The summed E-state index contributed by atoms with van der Waals surface area (Å²) in [6, 6.07) is 8.28. The minimum absolute atomic E-state index is 0.235. The Morgan fingerprint density at radius 2 is 2.00 bits per heavy atom. The second kappa shape index (κ2) is 9.27. The molecule has 0 spiro atoms. The van der Waals surface area contributed by atoms with Gasteiger partial charge < -0.3 is 15.8 Å². The molecule has 1 rings (SSSR count). The number of carbonyl (C=O) groups excluding carboxylic acids is 1. The van der Waals surface area contributed by atoms with Crippen LogP contribution in [0.4, 0.5) is 5.69 Å². The first-order chi connectivity index (χ1) is 10.1. The Balaban J connectivity index is 2.65. The van der Waals surface area contributed by atoms with E-state index < -0.39 is 0 Å². The van der Waals surface area contributed by atoms with Crippen LogP contribution in [-0.2, 0) is 4.79 Å². The van der Waals surface area contributed by atoms with E-state index in [1.807, 2.05) is 24.3 Å². The van der Waals surface area contributed by atoms with Gasteiger partial charge in [0.2, 0.25) is 5.91 Å². The number of nitrogens with two attached hydrogens (primary N) is 1. The number of amides is 1. The topological polar surface area (TPSA) is 64.3 Å². The maximum absolute atomic E-state index is 10.8. The molecule has 0 aliphatic rings. The molecule has 1 amide bonds. The van der Waals surface area contributed by atoms with E-state index in [-0.39, 0.29) is 12.3 Å². The molecule has 0 saturated carbocycles. The predicted octanol–water partition coefficient (Wildman–Crippen LogP) is 3.57. The third-order valence-corrected chi connectivity index (χ3v) is 3.73. The summed E-state index contributed by atoms with van der Waals surface area (Å²) in [6.45, 7) is 7.00. The third kappa shape index (κ3) is 6.52. The van der Waals surface area contributed by atoms with Crippen LogP contribution in [0.15, 0.2) is 24.3 Å². The number of hydrogen-bond acceptors (Lipinski definition) is 3. The summed E-state index contributed by atoms with van der Waals surface area (Å²) in [6.07, 6.45) is 3.63. The molecule has 0 bridgehead atoms. The Kier molecular flexibility index (Phi) is 7.65. The summed E-state index contributed by atoms with van der Waals surface area (Å²) in [5.41, 5.74) is 6.12. The molecule has 0 aliphatic heterocycles. The van der Waals surface area contributed by atoms with Crippen molar-refractivity contribution in [3.63, 3.8) is 0 Å². The average molecular weight is 292 g/mol. The van der Waals surface area contributed by atoms with E-state index in [0.717, 1.165) is 24.3 Å². The minimum atomic E-state index is -0.344. The largest absolute Gasteiger partial charge is 0.491 e. The fourth-order valence-corrected chi connectivity index (χ4v) is 2.17. The number of para-hydroxylation sites is 2. The lowest BCUT2D eigenvalue weighted by Gasteiger charge is -2.23. The van der Waals surface area contributed by atoms with E-state index in [1.165, 1.54) is 6.42 Å². The lowest BCUT2D eigenvalue weighted by molar-refractivity contribution is -0.118. The minimum Gasteiger partial charge on any atom is -0.491 e. The van der Waals surface area contributed by atoms with E-state index in [1.54, 1.807) is 0 Å². The van der Waals surface area contributed by atoms with Gasteiger partial charge >= 0.3 is 0 Å². The van der Waals surface area contributed by atoms with Crippen LogP contribution in [0, 0.1) is 5.92 Å².